The number of esters is 2. The Kier molecular flexibility index (Phi) is 5.67. The van der Waals surface area contributed by atoms with Gasteiger partial charge in [0.1, 0.15) is 5.60 Å². The van der Waals surface area contributed by atoms with Gasteiger partial charge in [-0.2, -0.15) is 0 Å². The molecule has 0 amide bonds. The minimum absolute atomic E-state index is 0.0688. The van der Waals surface area contributed by atoms with Gasteiger partial charge in [0, 0.05) is 0 Å². The van der Waals surface area contributed by atoms with Crippen molar-refractivity contribution in [2.75, 3.05) is 0 Å². The van der Waals surface area contributed by atoms with Crippen molar-refractivity contribution in [1.29, 1.82) is 0 Å². The lowest BCUT2D eigenvalue weighted by atomic mass is 9.51. The van der Waals surface area contributed by atoms with Gasteiger partial charge < -0.3 is 9.47 Å². The van der Waals surface area contributed by atoms with Crippen molar-refractivity contribution >= 4 is 11.9 Å². The Morgan fingerprint density at radius 2 is 1.58 bits per heavy atom. The van der Waals surface area contributed by atoms with E-state index in [0.717, 1.165) is 32.1 Å². The Balaban J connectivity index is 1.51. The third kappa shape index (κ3) is 3.43. The number of ether oxygens (including phenoxy) is 2. The van der Waals surface area contributed by atoms with Gasteiger partial charge in [0.15, 0.2) is 0 Å². The largest absolute Gasteiger partial charge is 0.456 e. The van der Waals surface area contributed by atoms with Crippen molar-refractivity contribution in [3.63, 3.8) is 0 Å². The highest BCUT2D eigenvalue weighted by Gasteiger charge is 2.91. The van der Waals surface area contributed by atoms with E-state index < -0.39 is 16.6 Å². The van der Waals surface area contributed by atoms with E-state index in [1.165, 1.54) is 6.42 Å². The predicted molar refractivity (Wildman–Crippen MR) is 130 cm³/mol. The molecule has 8 atom stereocenters. The zero-order chi connectivity index (χ0) is 24.8. The van der Waals surface area contributed by atoms with E-state index in [9.17, 15) is 9.59 Å². The van der Waals surface area contributed by atoms with Gasteiger partial charge in [-0.1, -0.05) is 48.5 Å². The number of carbonyl (C=O) groups is 2. The molecule has 4 aliphatic rings. The average Bonchev–Trinajstić information content (AvgIpc) is 3.51. The van der Waals surface area contributed by atoms with Gasteiger partial charge in [-0.05, 0) is 106 Å². The summed E-state index contributed by atoms with van der Waals surface area (Å²) in [4.78, 5) is 26.9. The summed E-state index contributed by atoms with van der Waals surface area (Å²) < 4.78 is 12.4. The zero-order valence-corrected chi connectivity index (χ0v) is 22.8. The molecule has 0 spiro atoms. The molecule has 4 nitrogen and oxygen atoms in total. The Bertz CT molecular complexity index is 825. The maximum Gasteiger partial charge on any atom is 0.350 e. The molecule has 0 aromatic carbocycles. The number of hydrogen-bond donors (Lipinski definition) is 0. The number of carbonyl (C=O) groups excluding carboxylic acids is 2. The predicted octanol–water partition coefficient (Wildman–Crippen LogP) is 6.80. The number of fused-ring (bicyclic) bond motifs is 3. The van der Waals surface area contributed by atoms with E-state index in [4.69, 9.17) is 9.47 Å². The van der Waals surface area contributed by atoms with E-state index in [-0.39, 0.29) is 28.7 Å². The normalized spacial score (nSPS) is 46.1. The molecule has 2 bridgehead atoms. The molecule has 4 saturated carbocycles. The molecule has 188 valence electrons. The van der Waals surface area contributed by atoms with E-state index in [1.807, 2.05) is 0 Å². The molecular weight excluding hydrogens is 412 g/mol. The second kappa shape index (κ2) is 7.47. The highest BCUT2D eigenvalue weighted by Crippen LogP contribution is 2.90. The molecule has 0 aliphatic heterocycles. The first-order valence-electron chi connectivity index (χ1n) is 13.5. The van der Waals surface area contributed by atoms with Crippen molar-refractivity contribution in [3.05, 3.63) is 0 Å². The standard InChI is InChI=1S/C29H48O4/c1-11-20-12-19-13-21(15-26(8,14-19)17(2)3)28(20,10)33-23(30)25(6,7)32-24(31)29(18(4)5)22-16-27(22,29)9/h17-22H,11-16H2,1-10H3. The maximum atomic E-state index is 13.6. The fourth-order valence-electron chi connectivity index (χ4n) is 8.40. The van der Waals surface area contributed by atoms with Crippen molar-refractivity contribution in [2.24, 2.45) is 51.8 Å². The summed E-state index contributed by atoms with van der Waals surface area (Å²) in [6.07, 6.45) is 6.74. The fourth-order valence-corrected chi connectivity index (χ4v) is 8.40. The van der Waals surface area contributed by atoms with Gasteiger partial charge in [-0.3, -0.25) is 4.79 Å². The molecule has 0 N–H and O–H groups in total. The van der Waals surface area contributed by atoms with Gasteiger partial charge >= 0.3 is 11.9 Å². The molecule has 4 rings (SSSR count). The van der Waals surface area contributed by atoms with E-state index in [1.54, 1.807) is 13.8 Å². The van der Waals surface area contributed by atoms with Gasteiger partial charge in [0.05, 0.1) is 5.41 Å². The van der Waals surface area contributed by atoms with Crippen molar-refractivity contribution in [1.82, 2.24) is 0 Å². The Morgan fingerprint density at radius 3 is 2.03 bits per heavy atom. The third-order valence-corrected chi connectivity index (χ3v) is 11.3. The van der Waals surface area contributed by atoms with Crippen LogP contribution in [0.1, 0.15) is 108 Å². The van der Waals surface area contributed by atoms with Crippen molar-refractivity contribution in [2.45, 2.75) is 119 Å². The molecule has 33 heavy (non-hydrogen) atoms. The second-order valence-corrected chi connectivity index (χ2v) is 14.0. The maximum absolute atomic E-state index is 13.6. The number of rotatable bonds is 7. The molecule has 0 aromatic rings. The van der Waals surface area contributed by atoms with Crippen LogP contribution in [0.3, 0.4) is 0 Å². The molecule has 4 fully saturated rings. The molecule has 0 radical (unpaired) electrons. The fraction of sp³-hybridized carbons (Fsp3) is 0.931. The van der Waals surface area contributed by atoms with Gasteiger partial charge in [0.2, 0.25) is 5.60 Å². The smallest absolute Gasteiger partial charge is 0.350 e. The molecule has 4 heteroatoms. The molecular formula is C29H48O4. The highest BCUT2D eigenvalue weighted by atomic mass is 16.6. The van der Waals surface area contributed by atoms with E-state index >= 15 is 0 Å². The first-order valence-corrected chi connectivity index (χ1v) is 13.5. The first-order chi connectivity index (χ1) is 15.1. The lowest BCUT2D eigenvalue weighted by molar-refractivity contribution is -0.215. The molecule has 8 unspecified atom stereocenters. The zero-order valence-electron chi connectivity index (χ0n) is 22.8. The highest BCUT2D eigenvalue weighted by molar-refractivity contribution is 5.90. The van der Waals surface area contributed by atoms with Crippen LogP contribution in [-0.2, 0) is 19.1 Å². The first kappa shape index (κ1) is 25.0. The lowest BCUT2D eigenvalue weighted by Crippen LogP contribution is -2.57. The van der Waals surface area contributed by atoms with Gasteiger partial charge in [-0.25, -0.2) is 4.79 Å². The summed E-state index contributed by atoms with van der Waals surface area (Å²) in [5.41, 5.74) is -1.85. The van der Waals surface area contributed by atoms with Crippen LogP contribution in [0.15, 0.2) is 0 Å². The minimum Gasteiger partial charge on any atom is -0.456 e. The minimum atomic E-state index is -1.28. The summed E-state index contributed by atoms with van der Waals surface area (Å²) in [6.45, 7) is 21.3. The summed E-state index contributed by atoms with van der Waals surface area (Å²) in [5.74, 6) is 2.07. The molecule has 0 saturated heterocycles. The van der Waals surface area contributed by atoms with Crippen LogP contribution in [0.4, 0.5) is 0 Å². The SMILES string of the molecule is CCC1CC2CC(CC(C)(C(C)C)C2)C1(C)OC(=O)C(C)(C)OC(=O)C1(C(C)C)C2CC21C. The van der Waals surface area contributed by atoms with E-state index in [0.29, 0.717) is 29.6 Å². The lowest BCUT2D eigenvalue weighted by Gasteiger charge is -2.57. The third-order valence-electron chi connectivity index (χ3n) is 11.3. The van der Waals surface area contributed by atoms with Crippen LogP contribution in [0.5, 0.6) is 0 Å². The van der Waals surface area contributed by atoms with Crippen LogP contribution in [0.2, 0.25) is 0 Å². The monoisotopic (exact) mass is 460 g/mol. The summed E-state index contributed by atoms with van der Waals surface area (Å²) >= 11 is 0. The summed E-state index contributed by atoms with van der Waals surface area (Å²) in [5, 5.41) is 0. The van der Waals surface area contributed by atoms with Gasteiger partial charge in [0.25, 0.3) is 0 Å². The average molecular weight is 461 g/mol. The topological polar surface area (TPSA) is 52.6 Å². The quantitative estimate of drug-likeness (QED) is 0.392. The Labute approximate surface area is 201 Å². The van der Waals surface area contributed by atoms with Crippen LogP contribution >= 0.6 is 0 Å². The molecule has 4 aliphatic carbocycles. The second-order valence-electron chi connectivity index (χ2n) is 14.0. The molecule has 0 heterocycles. The molecule has 0 aromatic heterocycles. The Morgan fingerprint density at radius 1 is 0.970 bits per heavy atom. The number of hydrogen-bond acceptors (Lipinski definition) is 4. The van der Waals surface area contributed by atoms with E-state index in [2.05, 4.69) is 55.4 Å². The van der Waals surface area contributed by atoms with Crippen LogP contribution in [0, 0.1) is 51.8 Å². The van der Waals surface area contributed by atoms with Crippen molar-refractivity contribution < 1.29 is 19.1 Å². The van der Waals surface area contributed by atoms with Gasteiger partial charge in [-0.15, -0.1) is 0 Å². The van der Waals surface area contributed by atoms with Crippen LogP contribution in [-0.4, -0.2) is 23.1 Å². The van der Waals surface area contributed by atoms with Crippen molar-refractivity contribution in [3.8, 4) is 0 Å². The summed E-state index contributed by atoms with van der Waals surface area (Å²) in [6, 6.07) is 0. The van der Waals surface area contributed by atoms with Crippen LogP contribution in [0.25, 0.3) is 0 Å². The Hall–Kier alpha value is -1.06. The summed E-state index contributed by atoms with van der Waals surface area (Å²) in [7, 11) is 0. The van der Waals surface area contributed by atoms with Crippen LogP contribution < -0.4 is 0 Å².